The van der Waals surface area contributed by atoms with E-state index in [0.29, 0.717) is 24.3 Å². The Morgan fingerprint density at radius 1 is 1.21 bits per heavy atom. The average molecular weight is 333 g/mol. The average Bonchev–Trinajstić information content (AvgIpc) is 3.10. The fraction of sp³-hybridized carbons (Fsp3) is 0.632. The summed E-state index contributed by atoms with van der Waals surface area (Å²) in [4.78, 5) is 14.4. The third-order valence-corrected chi connectivity index (χ3v) is 5.42. The maximum Gasteiger partial charge on any atom is 0.348 e. The van der Waals surface area contributed by atoms with E-state index in [1.807, 2.05) is 12.1 Å². The molecule has 0 aromatic heterocycles. The standard InChI is InChI=1S/C19H27NO4/c1-23-16-8-4-5-9-17(16)24-19(18(21)22)10-12-20(13-11-19)14-15-6-2-3-7-15/h4-5,8-9,15H,2-3,6-7,10-14H2,1H3,(H,21,22). The van der Waals surface area contributed by atoms with Crippen LogP contribution in [0.5, 0.6) is 11.5 Å². The zero-order chi connectivity index (χ0) is 17.0. The van der Waals surface area contributed by atoms with E-state index in [2.05, 4.69) is 4.90 Å². The molecule has 0 spiro atoms. The first kappa shape index (κ1) is 17.1. The highest BCUT2D eigenvalue weighted by molar-refractivity contribution is 5.78. The molecule has 2 aliphatic rings. The van der Waals surface area contributed by atoms with E-state index < -0.39 is 11.6 Å². The summed E-state index contributed by atoms with van der Waals surface area (Å²) in [5.41, 5.74) is -1.15. The number of piperidine rings is 1. The zero-order valence-electron chi connectivity index (χ0n) is 14.4. The molecule has 1 aliphatic heterocycles. The molecule has 5 nitrogen and oxygen atoms in total. The zero-order valence-corrected chi connectivity index (χ0v) is 14.4. The second-order valence-electron chi connectivity index (χ2n) is 7.00. The number of carbonyl (C=O) groups is 1. The number of carboxylic acid groups (broad SMARTS) is 1. The Bertz CT molecular complexity index is 560. The Morgan fingerprint density at radius 2 is 1.83 bits per heavy atom. The van der Waals surface area contributed by atoms with Gasteiger partial charge in [-0.05, 0) is 30.9 Å². The molecule has 1 saturated heterocycles. The third kappa shape index (κ3) is 3.66. The second-order valence-corrected chi connectivity index (χ2v) is 7.00. The molecule has 0 radical (unpaired) electrons. The van der Waals surface area contributed by atoms with Gasteiger partial charge in [0.15, 0.2) is 11.5 Å². The molecule has 0 atom stereocenters. The number of hydrogen-bond acceptors (Lipinski definition) is 4. The van der Waals surface area contributed by atoms with E-state index in [1.54, 1.807) is 19.2 Å². The fourth-order valence-corrected chi connectivity index (χ4v) is 3.93. The monoisotopic (exact) mass is 333 g/mol. The van der Waals surface area contributed by atoms with Gasteiger partial charge in [0.25, 0.3) is 0 Å². The van der Waals surface area contributed by atoms with Gasteiger partial charge >= 0.3 is 5.97 Å². The normalized spacial score (nSPS) is 21.5. The van der Waals surface area contributed by atoms with Crippen LogP contribution in [0.4, 0.5) is 0 Å². The molecule has 1 aromatic carbocycles. The van der Waals surface area contributed by atoms with E-state index in [1.165, 1.54) is 25.7 Å². The molecule has 0 unspecified atom stereocenters. The third-order valence-electron chi connectivity index (χ3n) is 5.42. The van der Waals surface area contributed by atoms with Crippen LogP contribution in [0.1, 0.15) is 38.5 Å². The van der Waals surface area contributed by atoms with E-state index in [-0.39, 0.29) is 0 Å². The predicted octanol–water partition coefficient (Wildman–Crippen LogP) is 3.18. The summed E-state index contributed by atoms with van der Waals surface area (Å²) < 4.78 is 11.3. The number of ether oxygens (including phenoxy) is 2. The summed E-state index contributed by atoms with van der Waals surface area (Å²) in [7, 11) is 1.57. The lowest BCUT2D eigenvalue weighted by atomic mass is 9.90. The van der Waals surface area contributed by atoms with E-state index in [9.17, 15) is 9.90 Å². The lowest BCUT2D eigenvalue weighted by Gasteiger charge is -2.39. The molecule has 1 saturated carbocycles. The van der Waals surface area contributed by atoms with Crippen molar-refractivity contribution in [2.75, 3.05) is 26.7 Å². The Kier molecular flexibility index (Phi) is 5.29. The molecule has 1 aromatic rings. The predicted molar refractivity (Wildman–Crippen MR) is 91.6 cm³/mol. The first-order chi connectivity index (χ1) is 11.6. The highest BCUT2D eigenvalue weighted by atomic mass is 16.5. The van der Waals surface area contributed by atoms with Gasteiger partial charge in [-0.15, -0.1) is 0 Å². The van der Waals surface area contributed by atoms with E-state index >= 15 is 0 Å². The van der Waals surface area contributed by atoms with Crippen molar-refractivity contribution in [1.82, 2.24) is 4.90 Å². The number of carboxylic acids is 1. The molecular weight excluding hydrogens is 306 g/mol. The minimum absolute atomic E-state index is 0.506. The van der Waals surface area contributed by atoms with Crippen molar-refractivity contribution in [2.24, 2.45) is 5.92 Å². The fourth-order valence-electron chi connectivity index (χ4n) is 3.93. The van der Waals surface area contributed by atoms with E-state index in [0.717, 1.165) is 25.6 Å². The van der Waals surface area contributed by atoms with Crippen molar-refractivity contribution >= 4 is 5.97 Å². The van der Waals surface area contributed by atoms with Crippen molar-refractivity contribution in [2.45, 2.75) is 44.1 Å². The maximum absolute atomic E-state index is 11.9. The molecule has 1 aliphatic carbocycles. The van der Waals surface area contributed by atoms with Gasteiger partial charge in [-0.25, -0.2) is 4.79 Å². The SMILES string of the molecule is COc1ccccc1OC1(C(=O)O)CCN(CC2CCCC2)CC1. The van der Waals surface area contributed by atoms with Crippen LogP contribution < -0.4 is 9.47 Å². The van der Waals surface area contributed by atoms with Gasteiger partial charge in [-0.3, -0.25) is 0 Å². The molecule has 0 amide bonds. The minimum atomic E-state index is -1.15. The summed E-state index contributed by atoms with van der Waals surface area (Å²) in [6.45, 7) is 2.65. The number of rotatable bonds is 6. The Morgan fingerprint density at radius 3 is 2.42 bits per heavy atom. The van der Waals surface area contributed by atoms with Crippen LogP contribution in [0.2, 0.25) is 0 Å². The Hall–Kier alpha value is -1.75. The summed E-state index contributed by atoms with van der Waals surface area (Å²) in [5.74, 6) is 0.990. The van der Waals surface area contributed by atoms with Crippen molar-refractivity contribution < 1.29 is 19.4 Å². The van der Waals surface area contributed by atoms with Gasteiger partial charge in [-0.2, -0.15) is 0 Å². The molecular formula is C19H27NO4. The topological polar surface area (TPSA) is 59.0 Å². The van der Waals surface area contributed by atoms with Crippen molar-refractivity contribution in [3.05, 3.63) is 24.3 Å². The van der Waals surface area contributed by atoms with Gasteiger partial charge in [-0.1, -0.05) is 25.0 Å². The number of aliphatic carboxylic acids is 1. The second kappa shape index (κ2) is 7.43. The lowest BCUT2D eigenvalue weighted by Crippen LogP contribution is -2.53. The molecule has 1 N–H and O–H groups in total. The number of para-hydroxylation sites is 2. The number of methoxy groups -OCH3 is 1. The number of likely N-dealkylation sites (tertiary alicyclic amines) is 1. The molecule has 0 bridgehead atoms. The van der Waals surface area contributed by atoms with Gasteiger partial charge in [0.05, 0.1) is 7.11 Å². The van der Waals surface area contributed by atoms with Crippen LogP contribution >= 0.6 is 0 Å². The summed E-state index contributed by atoms with van der Waals surface area (Å²) in [5, 5.41) is 9.80. The molecule has 24 heavy (non-hydrogen) atoms. The highest BCUT2D eigenvalue weighted by Crippen LogP contribution is 2.35. The quantitative estimate of drug-likeness (QED) is 0.866. The summed E-state index contributed by atoms with van der Waals surface area (Å²) in [6.07, 6.45) is 6.33. The van der Waals surface area contributed by atoms with Crippen LogP contribution in [0.3, 0.4) is 0 Å². The smallest absolute Gasteiger partial charge is 0.348 e. The first-order valence-electron chi connectivity index (χ1n) is 8.91. The highest BCUT2D eigenvalue weighted by Gasteiger charge is 2.44. The van der Waals surface area contributed by atoms with Crippen LogP contribution in [-0.2, 0) is 4.79 Å². The first-order valence-corrected chi connectivity index (χ1v) is 8.91. The number of nitrogens with zero attached hydrogens (tertiary/aromatic N) is 1. The Balaban J connectivity index is 1.66. The molecule has 132 valence electrons. The van der Waals surface area contributed by atoms with Crippen LogP contribution in [0.15, 0.2) is 24.3 Å². The molecule has 1 heterocycles. The minimum Gasteiger partial charge on any atom is -0.493 e. The summed E-state index contributed by atoms with van der Waals surface area (Å²) >= 11 is 0. The van der Waals surface area contributed by atoms with Crippen molar-refractivity contribution in [1.29, 1.82) is 0 Å². The van der Waals surface area contributed by atoms with Gasteiger partial charge in [0, 0.05) is 32.5 Å². The maximum atomic E-state index is 11.9. The number of benzene rings is 1. The van der Waals surface area contributed by atoms with Crippen molar-refractivity contribution in [3.8, 4) is 11.5 Å². The largest absolute Gasteiger partial charge is 0.493 e. The Labute approximate surface area is 143 Å². The molecule has 3 rings (SSSR count). The lowest BCUT2D eigenvalue weighted by molar-refractivity contribution is -0.160. The van der Waals surface area contributed by atoms with Crippen LogP contribution in [0.25, 0.3) is 0 Å². The number of hydrogen-bond donors (Lipinski definition) is 1. The van der Waals surface area contributed by atoms with Gasteiger partial charge in [0.2, 0.25) is 5.60 Å². The van der Waals surface area contributed by atoms with E-state index in [4.69, 9.17) is 9.47 Å². The van der Waals surface area contributed by atoms with Crippen LogP contribution in [0, 0.1) is 5.92 Å². The van der Waals surface area contributed by atoms with Crippen LogP contribution in [-0.4, -0.2) is 48.3 Å². The molecule has 2 fully saturated rings. The van der Waals surface area contributed by atoms with Gasteiger partial charge < -0.3 is 19.5 Å². The molecule has 5 heteroatoms. The van der Waals surface area contributed by atoms with Crippen molar-refractivity contribution in [3.63, 3.8) is 0 Å². The summed E-state index contributed by atoms with van der Waals surface area (Å²) in [6, 6.07) is 7.25. The van der Waals surface area contributed by atoms with Gasteiger partial charge in [0.1, 0.15) is 0 Å².